The van der Waals surface area contributed by atoms with Crippen LogP contribution in [0.4, 0.5) is 5.69 Å². The maximum atomic E-state index is 13.2. The molecule has 34 heavy (non-hydrogen) atoms. The van der Waals surface area contributed by atoms with Crippen LogP contribution in [0.3, 0.4) is 0 Å². The number of hydrogen-bond acceptors (Lipinski definition) is 6. The Hall–Kier alpha value is -4.24. The summed E-state index contributed by atoms with van der Waals surface area (Å²) in [4.78, 5) is 28.9. The Morgan fingerprint density at radius 2 is 1.65 bits per heavy atom. The first kappa shape index (κ1) is 22.9. The van der Waals surface area contributed by atoms with Crippen molar-refractivity contribution in [2.24, 2.45) is 0 Å². The van der Waals surface area contributed by atoms with Crippen LogP contribution in [0.5, 0.6) is 5.75 Å². The zero-order valence-corrected chi connectivity index (χ0v) is 19.2. The quantitative estimate of drug-likeness (QED) is 0.436. The van der Waals surface area contributed by atoms with E-state index in [4.69, 9.17) is 9.72 Å². The monoisotopic (exact) mass is 475 g/mol. The van der Waals surface area contributed by atoms with Gasteiger partial charge >= 0.3 is 0 Å². The lowest BCUT2D eigenvalue weighted by molar-refractivity contribution is -0.117. The number of fused-ring (bicyclic) bond motifs is 1. The Morgan fingerprint density at radius 3 is 2.35 bits per heavy atom. The minimum absolute atomic E-state index is 0.0876. The average molecular weight is 476 g/mol. The zero-order chi connectivity index (χ0) is 24.3. The van der Waals surface area contributed by atoms with Gasteiger partial charge in [0.25, 0.3) is 15.9 Å². The molecule has 1 heterocycles. The number of pyridine rings is 1. The van der Waals surface area contributed by atoms with Crippen molar-refractivity contribution in [3.05, 3.63) is 84.4 Å². The van der Waals surface area contributed by atoms with Crippen LogP contribution < -0.4 is 14.8 Å². The van der Waals surface area contributed by atoms with Crippen molar-refractivity contribution in [1.82, 2.24) is 9.71 Å². The fourth-order valence-corrected chi connectivity index (χ4v) is 4.45. The number of rotatable bonds is 6. The Labute approximate surface area is 196 Å². The highest BCUT2D eigenvalue weighted by molar-refractivity contribution is 7.90. The van der Waals surface area contributed by atoms with Gasteiger partial charge in [0.2, 0.25) is 5.91 Å². The maximum Gasteiger partial charge on any atom is 0.264 e. The summed E-state index contributed by atoms with van der Waals surface area (Å²) in [6.07, 6.45) is 0. The average Bonchev–Trinajstić information content (AvgIpc) is 2.83. The topological polar surface area (TPSA) is 114 Å². The van der Waals surface area contributed by atoms with Crippen molar-refractivity contribution in [3.8, 4) is 17.0 Å². The third kappa shape index (κ3) is 4.89. The Bertz CT molecular complexity index is 1500. The standard InChI is InChI=1S/C25H21N3O5S/c1-16(29)28-34(31,32)20-12-10-18(11-13-20)26-25(30)22-15-24(17-6-5-7-19(14-17)33-2)27-23-9-4-3-8-21(22)23/h3-15H,1-2H3,(H,26,30)(H,28,29). The molecule has 0 unspecified atom stereocenters. The molecule has 0 aliphatic rings. The lowest BCUT2D eigenvalue weighted by atomic mass is 10.0. The van der Waals surface area contributed by atoms with Gasteiger partial charge in [-0.3, -0.25) is 9.59 Å². The first-order chi connectivity index (χ1) is 16.3. The molecule has 0 fully saturated rings. The number of methoxy groups -OCH3 is 1. The van der Waals surface area contributed by atoms with E-state index in [1.54, 1.807) is 13.2 Å². The number of carbonyl (C=O) groups excluding carboxylic acids is 2. The number of benzene rings is 3. The molecule has 0 bridgehead atoms. The van der Waals surface area contributed by atoms with Gasteiger partial charge in [0.05, 0.1) is 28.8 Å². The largest absolute Gasteiger partial charge is 0.497 e. The predicted octanol–water partition coefficient (Wildman–Crippen LogP) is 3.99. The highest BCUT2D eigenvalue weighted by Gasteiger charge is 2.17. The van der Waals surface area contributed by atoms with Gasteiger partial charge in [-0.2, -0.15) is 0 Å². The summed E-state index contributed by atoms with van der Waals surface area (Å²) in [6.45, 7) is 1.12. The van der Waals surface area contributed by atoms with Gasteiger partial charge in [-0.1, -0.05) is 30.3 Å². The van der Waals surface area contributed by atoms with Crippen molar-refractivity contribution in [1.29, 1.82) is 0 Å². The number of nitrogens with one attached hydrogen (secondary N) is 2. The number of ether oxygens (including phenoxy) is 1. The van der Waals surface area contributed by atoms with E-state index in [2.05, 4.69) is 5.32 Å². The number of nitrogens with zero attached hydrogens (tertiary/aromatic N) is 1. The van der Waals surface area contributed by atoms with Gasteiger partial charge in [-0.05, 0) is 48.5 Å². The molecule has 0 aliphatic heterocycles. The Balaban J connectivity index is 1.68. The van der Waals surface area contributed by atoms with E-state index in [0.717, 1.165) is 12.5 Å². The van der Waals surface area contributed by atoms with Crippen LogP contribution in [0, 0.1) is 0 Å². The normalized spacial score (nSPS) is 11.1. The molecule has 3 aromatic carbocycles. The molecule has 0 atom stereocenters. The molecule has 9 heteroatoms. The predicted molar refractivity (Wildman–Crippen MR) is 129 cm³/mol. The highest BCUT2D eigenvalue weighted by Crippen LogP contribution is 2.28. The van der Waals surface area contributed by atoms with E-state index in [1.165, 1.54) is 24.3 Å². The highest BCUT2D eigenvalue weighted by atomic mass is 32.2. The third-order valence-electron chi connectivity index (χ3n) is 5.03. The molecule has 4 rings (SSSR count). The van der Waals surface area contributed by atoms with E-state index < -0.39 is 15.9 Å². The fourth-order valence-electron chi connectivity index (χ4n) is 3.46. The number of amides is 2. The summed E-state index contributed by atoms with van der Waals surface area (Å²) in [5, 5.41) is 3.47. The van der Waals surface area contributed by atoms with Crippen LogP contribution in [0.25, 0.3) is 22.2 Å². The summed E-state index contributed by atoms with van der Waals surface area (Å²) in [6, 6.07) is 22.0. The lowest BCUT2D eigenvalue weighted by Gasteiger charge is -2.12. The van der Waals surface area contributed by atoms with Gasteiger partial charge in [-0.25, -0.2) is 18.1 Å². The minimum Gasteiger partial charge on any atom is -0.497 e. The van der Waals surface area contributed by atoms with Crippen LogP contribution in [0.2, 0.25) is 0 Å². The summed E-state index contributed by atoms with van der Waals surface area (Å²) >= 11 is 0. The molecular weight excluding hydrogens is 454 g/mol. The Kier molecular flexibility index (Phi) is 6.29. The smallest absolute Gasteiger partial charge is 0.264 e. The second-order valence-corrected chi connectivity index (χ2v) is 9.13. The molecule has 8 nitrogen and oxygen atoms in total. The van der Waals surface area contributed by atoms with E-state index >= 15 is 0 Å². The summed E-state index contributed by atoms with van der Waals surface area (Å²) in [5.74, 6) is -0.387. The molecule has 2 amide bonds. The van der Waals surface area contributed by atoms with Crippen LogP contribution >= 0.6 is 0 Å². The summed E-state index contributed by atoms with van der Waals surface area (Å²) < 4.78 is 31.5. The number of para-hydroxylation sites is 1. The number of carbonyl (C=O) groups is 2. The molecule has 2 N–H and O–H groups in total. The van der Waals surface area contributed by atoms with Crippen molar-refractivity contribution in [3.63, 3.8) is 0 Å². The molecule has 172 valence electrons. The van der Waals surface area contributed by atoms with E-state index in [0.29, 0.717) is 33.6 Å². The van der Waals surface area contributed by atoms with Crippen LogP contribution in [0.15, 0.2) is 83.8 Å². The van der Waals surface area contributed by atoms with E-state index in [1.807, 2.05) is 53.3 Å². The van der Waals surface area contributed by atoms with Crippen molar-refractivity contribution >= 4 is 38.4 Å². The zero-order valence-electron chi connectivity index (χ0n) is 18.4. The number of anilines is 1. The van der Waals surface area contributed by atoms with Gasteiger partial charge in [0.1, 0.15) is 5.75 Å². The van der Waals surface area contributed by atoms with Gasteiger partial charge in [-0.15, -0.1) is 0 Å². The molecule has 0 saturated carbocycles. The van der Waals surface area contributed by atoms with Crippen LogP contribution in [-0.2, 0) is 14.8 Å². The van der Waals surface area contributed by atoms with Gasteiger partial charge in [0, 0.05) is 23.6 Å². The molecular formula is C25H21N3O5S. The van der Waals surface area contributed by atoms with Crippen molar-refractivity contribution < 1.29 is 22.7 Å². The van der Waals surface area contributed by atoms with Crippen LogP contribution in [-0.4, -0.2) is 32.3 Å². The molecule has 0 radical (unpaired) electrons. The lowest BCUT2D eigenvalue weighted by Crippen LogP contribution is -2.28. The summed E-state index contributed by atoms with van der Waals surface area (Å²) in [5.41, 5.74) is 2.88. The maximum absolute atomic E-state index is 13.2. The summed E-state index contributed by atoms with van der Waals surface area (Å²) in [7, 11) is -2.38. The first-order valence-corrected chi connectivity index (χ1v) is 11.7. The third-order valence-corrected chi connectivity index (χ3v) is 6.48. The molecule has 1 aromatic heterocycles. The second kappa shape index (κ2) is 9.32. The fraction of sp³-hybridized carbons (Fsp3) is 0.0800. The molecule has 0 aliphatic carbocycles. The Morgan fingerprint density at radius 1 is 0.912 bits per heavy atom. The molecule has 0 spiro atoms. The second-order valence-electron chi connectivity index (χ2n) is 7.44. The van der Waals surface area contributed by atoms with E-state index in [9.17, 15) is 18.0 Å². The molecule has 0 saturated heterocycles. The van der Waals surface area contributed by atoms with E-state index in [-0.39, 0.29) is 10.8 Å². The number of hydrogen-bond donors (Lipinski definition) is 2. The first-order valence-electron chi connectivity index (χ1n) is 10.3. The van der Waals surface area contributed by atoms with Crippen molar-refractivity contribution in [2.45, 2.75) is 11.8 Å². The number of aromatic nitrogens is 1. The van der Waals surface area contributed by atoms with Crippen molar-refractivity contribution in [2.75, 3.05) is 12.4 Å². The van der Waals surface area contributed by atoms with Gasteiger partial charge < -0.3 is 10.1 Å². The van der Waals surface area contributed by atoms with Gasteiger partial charge in [0.15, 0.2) is 0 Å². The van der Waals surface area contributed by atoms with Crippen LogP contribution in [0.1, 0.15) is 17.3 Å². The molecule has 4 aromatic rings. The SMILES string of the molecule is COc1cccc(-c2cc(C(=O)Nc3ccc(S(=O)(=O)NC(C)=O)cc3)c3ccccc3n2)c1. The number of sulfonamides is 1. The minimum atomic E-state index is -3.96.